The third-order valence-corrected chi connectivity index (χ3v) is 11.8. The Labute approximate surface area is 339 Å². The van der Waals surface area contributed by atoms with Crippen LogP contribution in [0.3, 0.4) is 0 Å². The third kappa shape index (κ3) is 10.1. The number of nitrogens with zero attached hydrogens (tertiary/aromatic N) is 3. The van der Waals surface area contributed by atoms with Crippen LogP contribution in [0.15, 0.2) is 115 Å². The summed E-state index contributed by atoms with van der Waals surface area (Å²) in [4.78, 5) is 21.3. The average Bonchev–Trinajstić information content (AvgIpc) is 3.23. The molecule has 5 aromatic rings. The van der Waals surface area contributed by atoms with E-state index in [0.717, 1.165) is 74.8 Å². The molecule has 1 amide bonds. The van der Waals surface area contributed by atoms with Gasteiger partial charge in [-0.2, -0.15) is 4.98 Å². The van der Waals surface area contributed by atoms with Crippen LogP contribution in [0.2, 0.25) is 0 Å². The predicted molar refractivity (Wildman–Crippen MR) is 221 cm³/mol. The predicted octanol–water partition coefficient (Wildman–Crippen LogP) is 9.65. The second kappa shape index (κ2) is 18.3. The highest BCUT2D eigenvalue weighted by Crippen LogP contribution is 2.49. The normalized spacial score (nSPS) is 17.0. The summed E-state index contributed by atoms with van der Waals surface area (Å²) < 4.78 is 49.0. The molecule has 3 aliphatic rings. The van der Waals surface area contributed by atoms with E-state index in [4.69, 9.17) is 14.2 Å². The largest absolute Gasteiger partial charge is 0.473 e. The number of piperidine rings is 2. The van der Waals surface area contributed by atoms with Crippen LogP contribution in [-0.2, 0) is 24.6 Å². The number of aromatic nitrogens is 1. The number of carbonyl (C=O) groups is 1. The number of likely N-dealkylation sites (tertiary alicyclic amines) is 1. The van der Waals surface area contributed by atoms with Crippen molar-refractivity contribution in [2.75, 3.05) is 42.9 Å². The second-order valence-electron chi connectivity index (χ2n) is 16.0. The van der Waals surface area contributed by atoms with Gasteiger partial charge >= 0.3 is 6.09 Å². The minimum Gasteiger partial charge on any atom is -0.473 e. The van der Waals surface area contributed by atoms with Crippen molar-refractivity contribution in [1.82, 2.24) is 15.2 Å². The summed E-state index contributed by atoms with van der Waals surface area (Å²) >= 11 is 0. The van der Waals surface area contributed by atoms with Gasteiger partial charge in [0.25, 0.3) is 0 Å². The molecule has 4 aromatic carbocycles. The molecule has 2 saturated heterocycles. The van der Waals surface area contributed by atoms with Gasteiger partial charge in [0.1, 0.15) is 31.2 Å². The summed E-state index contributed by atoms with van der Waals surface area (Å²) in [5, 5.41) is 6.19. The maximum Gasteiger partial charge on any atom is 0.407 e. The Morgan fingerprint density at radius 1 is 0.724 bits per heavy atom. The number of anilines is 3. The summed E-state index contributed by atoms with van der Waals surface area (Å²) in [5.74, 6) is -0.104. The number of rotatable bonds is 14. The quantitative estimate of drug-likeness (QED) is 0.115. The lowest BCUT2D eigenvalue weighted by Crippen LogP contribution is -2.55. The van der Waals surface area contributed by atoms with Crippen LogP contribution in [0.5, 0.6) is 11.8 Å². The van der Waals surface area contributed by atoms with E-state index in [-0.39, 0.29) is 42.6 Å². The van der Waals surface area contributed by atoms with Crippen molar-refractivity contribution >= 4 is 23.2 Å². The molecule has 1 spiro atoms. The highest BCUT2D eigenvalue weighted by Gasteiger charge is 2.46. The molecule has 0 radical (unpaired) electrons. The van der Waals surface area contributed by atoms with Crippen molar-refractivity contribution in [3.8, 4) is 11.8 Å². The zero-order chi connectivity index (χ0) is 39.7. The molecule has 58 heavy (non-hydrogen) atoms. The lowest BCUT2D eigenvalue weighted by Gasteiger charge is -2.52. The fourth-order valence-electron chi connectivity index (χ4n) is 8.60. The topological polar surface area (TPSA) is 88.2 Å². The molecule has 0 atom stereocenters. The van der Waals surface area contributed by atoms with Crippen LogP contribution in [0.1, 0.15) is 55.2 Å². The number of hydrogen-bond donors (Lipinski definition) is 2. The van der Waals surface area contributed by atoms with E-state index >= 15 is 8.78 Å². The molecule has 0 unspecified atom stereocenters. The smallest absolute Gasteiger partial charge is 0.407 e. The first-order valence-electron chi connectivity index (χ1n) is 20.4. The Hall–Kier alpha value is -5.68. The molecule has 302 valence electrons. The van der Waals surface area contributed by atoms with Crippen LogP contribution in [0, 0.1) is 23.0 Å². The van der Waals surface area contributed by atoms with E-state index in [9.17, 15) is 4.79 Å². The highest BCUT2D eigenvalue weighted by molar-refractivity contribution is 5.68. The highest BCUT2D eigenvalue weighted by atomic mass is 19.1. The zero-order valence-electron chi connectivity index (χ0n) is 32.8. The van der Waals surface area contributed by atoms with Gasteiger partial charge in [-0.1, -0.05) is 91.0 Å². The van der Waals surface area contributed by atoms with Crippen LogP contribution < -0.4 is 25.0 Å². The lowest BCUT2D eigenvalue weighted by atomic mass is 9.60. The van der Waals surface area contributed by atoms with Gasteiger partial charge in [0, 0.05) is 37.4 Å². The first-order valence-corrected chi connectivity index (χ1v) is 20.4. The lowest BCUT2D eigenvalue weighted by molar-refractivity contribution is 0.000387. The van der Waals surface area contributed by atoms with Crippen LogP contribution >= 0.6 is 0 Å². The van der Waals surface area contributed by atoms with Crippen LogP contribution in [0.4, 0.5) is 30.6 Å². The van der Waals surface area contributed by atoms with Gasteiger partial charge in [-0.25, -0.2) is 13.6 Å². The molecule has 1 aliphatic carbocycles. The monoisotopic (exact) mass is 787 g/mol. The van der Waals surface area contributed by atoms with E-state index in [1.165, 1.54) is 12.1 Å². The standard InChI is InChI=1S/C47H51F2N5O4/c48-40-26-38(50-42-16-17-43(56-31-35-10-4-1-5-11-35)52-45(42)57-32-36-12-6-2-7-13-36)27-41(49)44(40)54-22-18-34(19-23-54)30-53-24-20-47(21-25-53)28-39(29-47)51-46(55)58-33-37-14-8-3-9-15-37/h1-17,26-27,34,39,50H,18-25,28-33H2,(H,51,55). The number of benzene rings is 4. The Balaban J connectivity index is 0.809. The minimum atomic E-state index is -0.609. The molecule has 3 fully saturated rings. The van der Waals surface area contributed by atoms with Crippen LogP contribution in [0.25, 0.3) is 0 Å². The number of amides is 1. The van der Waals surface area contributed by atoms with E-state index in [2.05, 4.69) is 20.5 Å². The minimum absolute atomic E-state index is 0.0179. The number of hydrogen-bond acceptors (Lipinski definition) is 8. The molecule has 11 heteroatoms. The third-order valence-electron chi connectivity index (χ3n) is 11.8. The van der Waals surface area contributed by atoms with Crippen molar-refractivity contribution in [3.63, 3.8) is 0 Å². The van der Waals surface area contributed by atoms with E-state index in [1.807, 2.05) is 95.9 Å². The van der Waals surface area contributed by atoms with Crippen molar-refractivity contribution in [3.05, 3.63) is 144 Å². The number of pyridine rings is 1. The number of carbonyl (C=O) groups excluding carboxylic acids is 1. The molecular weight excluding hydrogens is 737 g/mol. The molecule has 0 bridgehead atoms. The van der Waals surface area contributed by atoms with E-state index in [0.29, 0.717) is 42.6 Å². The molecule has 2 aliphatic heterocycles. The van der Waals surface area contributed by atoms with Gasteiger partial charge in [-0.05, 0) is 97.8 Å². The Morgan fingerprint density at radius 2 is 1.29 bits per heavy atom. The first-order chi connectivity index (χ1) is 28.4. The summed E-state index contributed by atoms with van der Waals surface area (Å²) in [6.45, 7) is 5.16. The van der Waals surface area contributed by atoms with Gasteiger partial charge in [-0.3, -0.25) is 0 Å². The summed E-state index contributed by atoms with van der Waals surface area (Å²) in [6.07, 6.45) is 5.67. The molecular formula is C47H51F2N5O4. The van der Waals surface area contributed by atoms with Gasteiger partial charge in [0.2, 0.25) is 11.8 Å². The molecule has 9 nitrogen and oxygen atoms in total. The van der Waals surface area contributed by atoms with Crippen molar-refractivity contribution in [1.29, 1.82) is 0 Å². The SMILES string of the molecule is O=C(NC1CC2(CCN(CC3CCN(c4c(F)cc(Nc5ccc(OCc6ccccc6)nc5OCc5ccccc5)cc4F)CC3)CC2)C1)OCc1ccccc1. The van der Waals surface area contributed by atoms with Crippen molar-refractivity contribution < 1.29 is 27.8 Å². The molecule has 1 saturated carbocycles. The maximum absolute atomic E-state index is 15.8. The van der Waals surface area contributed by atoms with Crippen LogP contribution in [-0.4, -0.2) is 54.7 Å². The van der Waals surface area contributed by atoms with Gasteiger partial charge < -0.3 is 34.6 Å². The van der Waals surface area contributed by atoms with Gasteiger partial charge in [0.15, 0.2) is 11.6 Å². The number of nitrogens with one attached hydrogen (secondary N) is 2. The Morgan fingerprint density at radius 3 is 1.90 bits per heavy atom. The summed E-state index contributed by atoms with van der Waals surface area (Å²) in [7, 11) is 0. The molecule has 3 heterocycles. The van der Waals surface area contributed by atoms with Crippen molar-refractivity contribution in [2.24, 2.45) is 11.3 Å². The maximum atomic E-state index is 15.8. The average molecular weight is 788 g/mol. The molecule has 2 N–H and O–H groups in total. The summed E-state index contributed by atoms with van der Waals surface area (Å²) in [6, 6.07) is 35.5. The second-order valence-corrected chi connectivity index (χ2v) is 16.0. The molecule has 1 aromatic heterocycles. The van der Waals surface area contributed by atoms with Gasteiger partial charge in [0.05, 0.1) is 0 Å². The number of ether oxygens (including phenoxy) is 3. The summed E-state index contributed by atoms with van der Waals surface area (Å²) in [5.41, 5.74) is 3.99. The first kappa shape index (κ1) is 39.2. The fourth-order valence-corrected chi connectivity index (χ4v) is 8.60. The zero-order valence-corrected chi connectivity index (χ0v) is 32.8. The molecule has 8 rings (SSSR count). The Bertz CT molecular complexity index is 2080. The van der Waals surface area contributed by atoms with Gasteiger partial charge in [-0.15, -0.1) is 0 Å². The van der Waals surface area contributed by atoms with Crippen molar-refractivity contribution in [2.45, 2.75) is 64.4 Å². The van der Waals surface area contributed by atoms with E-state index < -0.39 is 11.6 Å². The van der Waals surface area contributed by atoms with E-state index in [1.54, 1.807) is 12.1 Å². The Kier molecular flexibility index (Phi) is 12.3. The number of alkyl carbamates (subject to hydrolysis) is 1. The number of halogens is 2. The fraction of sp³-hybridized carbons (Fsp3) is 0.362.